The molecule has 1 saturated carbocycles. The molecule has 4 heteroatoms. The van der Waals surface area contributed by atoms with Crippen LogP contribution < -0.4 is 0 Å². The molecule has 40 heavy (non-hydrogen) atoms. The van der Waals surface area contributed by atoms with Crippen molar-refractivity contribution in [3.05, 3.63) is 0 Å². The predicted molar refractivity (Wildman–Crippen MR) is 170 cm³/mol. The van der Waals surface area contributed by atoms with Gasteiger partial charge in [-0.2, -0.15) is 0 Å². The topological polar surface area (TPSA) is 52.6 Å². The lowest BCUT2D eigenvalue weighted by Crippen LogP contribution is -2.28. The second kappa shape index (κ2) is 28.1. The van der Waals surface area contributed by atoms with E-state index in [0.717, 1.165) is 51.4 Å². The zero-order valence-corrected chi connectivity index (χ0v) is 27.0. The van der Waals surface area contributed by atoms with Crippen molar-refractivity contribution in [1.29, 1.82) is 0 Å². The van der Waals surface area contributed by atoms with E-state index < -0.39 is 0 Å². The molecule has 0 unspecified atom stereocenters. The SMILES string of the molecule is CCCCCCCCCCCCCCOC(=O)C1CCC(C(=O)OCCCCCCCCCCCCCC)CC1. The first-order valence-corrected chi connectivity index (χ1v) is 18.0. The van der Waals surface area contributed by atoms with Gasteiger partial charge in [0.2, 0.25) is 0 Å². The number of rotatable bonds is 28. The van der Waals surface area contributed by atoms with Crippen LogP contribution >= 0.6 is 0 Å². The Kier molecular flexibility index (Phi) is 25.9. The van der Waals surface area contributed by atoms with Gasteiger partial charge < -0.3 is 9.47 Å². The molecule has 0 radical (unpaired) electrons. The second-order valence-electron chi connectivity index (χ2n) is 12.7. The highest BCUT2D eigenvalue weighted by Crippen LogP contribution is 2.30. The molecule has 0 heterocycles. The zero-order chi connectivity index (χ0) is 28.9. The fourth-order valence-electron chi connectivity index (χ4n) is 6.03. The van der Waals surface area contributed by atoms with Gasteiger partial charge in [0.25, 0.3) is 0 Å². The van der Waals surface area contributed by atoms with Crippen molar-refractivity contribution in [3.8, 4) is 0 Å². The van der Waals surface area contributed by atoms with Gasteiger partial charge >= 0.3 is 11.9 Å². The third kappa shape index (κ3) is 21.7. The molecule has 1 fully saturated rings. The molecular formula is C36H68O4. The Bertz CT molecular complexity index is 517. The fraction of sp³-hybridized carbons (Fsp3) is 0.944. The first kappa shape index (κ1) is 37.0. The van der Waals surface area contributed by atoms with E-state index in [2.05, 4.69) is 13.8 Å². The molecule has 0 atom stereocenters. The summed E-state index contributed by atoms with van der Waals surface area (Å²) < 4.78 is 11.1. The van der Waals surface area contributed by atoms with Crippen LogP contribution in [0.2, 0.25) is 0 Å². The van der Waals surface area contributed by atoms with Crippen LogP contribution in [0.5, 0.6) is 0 Å². The summed E-state index contributed by atoms with van der Waals surface area (Å²) in [6.07, 6.45) is 34.5. The number of carbonyl (C=O) groups excluding carboxylic acids is 2. The van der Waals surface area contributed by atoms with E-state index in [-0.39, 0.29) is 23.8 Å². The lowest BCUT2D eigenvalue weighted by atomic mass is 9.82. The molecule has 0 aromatic carbocycles. The number of hydrogen-bond donors (Lipinski definition) is 0. The van der Waals surface area contributed by atoms with Gasteiger partial charge in [0.05, 0.1) is 25.0 Å². The van der Waals surface area contributed by atoms with Crippen LogP contribution in [-0.4, -0.2) is 25.2 Å². The van der Waals surface area contributed by atoms with Crippen LogP contribution in [0, 0.1) is 11.8 Å². The monoisotopic (exact) mass is 565 g/mol. The number of unbranched alkanes of at least 4 members (excludes halogenated alkanes) is 22. The van der Waals surface area contributed by atoms with Crippen molar-refractivity contribution in [3.63, 3.8) is 0 Å². The fourth-order valence-corrected chi connectivity index (χ4v) is 6.03. The van der Waals surface area contributed by atoms with Crippen LogP contribution in [0.25, 0.3) is 0 Å². The van der Waals surface area contributed by atoms with Crippen molar-refractivity contribution in [2.75, 3.05) is 13.2 Å². The Balaban J connectivity index is 1.89. The highest BCUT2D eigenvalue weighted by Gasteiger charge is 2.31. The highest BCUT2D eigenvalue weighted by molar-refractivity contribution is 5.75. The minimum Gasteiger partial charge on any atom is -0.465 e. The molecule has 0 aliphatic heterocycles. The van der Waals surface area contributed by atoms with Gasteiger partial charge in [-0.05, 0) is 38.5 Å². The standard InChI is InChI=1S/C36H68O4/c1-3-5-7-9-11-13-15-17-19-21-23-25-31-39-35(37)33-27-29-34(30-28-33)36(38)40-32-26-24-22-20-18-16-14-12-10-8-6-4-2/h33-34H,3-32H2,1-2H3. The van der Waals surface area contributed by atoms with Gasteiger partial charge in [0, 0.05) is 0 Å². The Labute approximate surface area is 249 Å². The molecule has 0 saturated heterocycles. The molecule has 1 aliphatic carbocycles. The average molecular weight is 565 g/mol. The lowest BCUT2D eigenvalue weighted by Gasteiger charge is -2.26. The molecular weight excluding hydrogens is 496 g/mol. The number of ether oxygens (including phenoxy) is 2. The van der Waals surface area contributed by atoms with Gasteiger partial charge in [-0.1, -0.05) is 155 Å². The molecule has 1 rings (SSSR count). The van der Waals surface area contributed by atoms with Crippen molar-refractivity contribution in [2.24, 2.45) is 11.8 Å². The molecule has 0 amide bonds. The van der Waals surface area contributed by atoms with Gasteiger partial charge in [0.15, 0.2) is 0 Å². The average Bonchev–Trinajstić information content (AvgIpc) is 2.97. The first-order chi connectivity index (χ1) is 19.7. The maximum Gasteiger partial charge on any atom is 0.308 e. The normalized spacial score (nSPS) is 17.1. The van der Waals surface area contributed by atoms with Crippen LogP contribution in [-0.2, 0) is 19.1 Å². The molecule has 0 aromatic rings. The lowest BCUT2D eigenvalue weighted by molar-refractivity contribution is -0.155. The summed E-state index contributed by atoms with van der Waals surface area (Å²) in [6.45, 7) is 5.65. The number of esters is 2. The highest BCUT2D eigenvalue weighted by atomic mass is 16.5. The smallest absolute Gasteiger partial charge is 0.308 e. The summed E-state index contributed by atoms with van der Waals surface area (Å²) in [4.78, 5) is 24.9. The van der Waals surface area contributed by atoms with E-state index in [9.17, 15) is 9.59 Å². The predicted octanol–water partition coefficient (Wildman–Crippen LogP) is 11.3. The minimum absolute atomic E-state index is 0.0299. The maximum atomic E-state index is 12.4. The Morgan fingerprint density at radius 1 is 0.400 bits per heavy atom. The summed E-state index contributed by atoms with van der Waals surface area (Å²) in [6, 6.07) is 0. The molecule has 4 nitrogen and oxygen atoms in total. The van der Waals surface area contributed by atoms with Crippen molar-refractivity contribution < 1.29 is 19.1 Å². The molecule has 236 valence electrons. The van der Waals surface area contributed by atoms with Crippen LogP contribution in [0.4, 0.5) is 0 Å². The number of hydrogen-bond acceptors (Lipinski definition) is 4. The summed E-state index contributed by atoms with van der Waals surface area (Å²) in [5, 5.41) is 0. The van der Waals surface area contributed by atoms with Crippen molar-refractivity contribution in [2.45, 2.75) is 194 Å². The second-order valence-corrected chi connectivity index (χ2v) is 12.7. The molecule has 0 bridgehead atoms. The van der Waals surface area contributed by atoms with Crippen LogP contribution in [0.15, 0.2) is 0 Å². The van der Waals surface area contributed by atoms with E-state index in [4.69, 9.17) is 9.47 Å². The van der Waals surface area contributed by atoms with Gasteiger partial charge in [-0.15, -0.1) is 0 Å². The minimum atomic E-state index is -0.0496. The van der Waals surface area contributed by atoms with Crippen LogP contribution in [0.3, 0.4) is 0 Å². The summed E-state index contributed by atoms with van der Waals surface area (Å²) >= 11 is 0. The Hall–Kier alpha value is -1.06. The van der Waals surface area contributed by atoms with E-state index in [1.807, 2.05) is 0 Å². The van der Waals surface area contributed by atoms with Gasteiger partial charge in [0.1, 0.15) is 0 Å². The van der Waals surface area contributed by atoms with Crippen LogP contribution in [0.1, 0.15) is 194 Å². The van der Waals surface area contributed by atoms with E-state index in [1.54, 1.807) is 0 Å². The molecule has 0 spiro atoms. The number of carbonyl (C=O) groups is 2. The molecule has 1 aliphatic rings. The largest absolute Gasteiger partial charge is 0.465 e. The Morgan fingerprint density at radius 3 is 0.875 bits per heavy atom. The zero-order valence-electron chi connectivity index (χ0n) is 27.0. The summed E-state index contributed by atoms with van der Waals surface area (Å²) in [5.74, 6) is -0.159. The maximum absolute atomic E-state index is 12.4. The van der Waals surface area contributed by atoms with Crippen molar-refractivity contribution >= 4 is 11.9 Å². The van der Waals surface area contributed by atoms with E-state index in [0.29, 0.717) is 13.2 Å². The first-order valence-electron chi connectivity index (χ1n) is 18.0. The summed E-state index contributed by atoms with van der Waals surface area (Å²) in [5.41, 5.74) is 0. The Morgan fingerprint density at radius 2 is 0.625 bits per heavy atom. The van der Waals surface area contributed by atoms with Gasteiger partial charge in [-0.3, -0.25) is 9.59 Å². The molecule has 0 aromatic heterocycles. The van der Waals surface area contributed by atoms with E-state index in [1.165, 1.54) is 128 Å². The van der Waals surface area contributed by atoms with Crippen molar-refractivity contribution in [1.82, 2.24) is 0 Å². The molecule has 0 N–H and O–H groups in total. The van der Waals surface area contributed by atoms with E-state index >= 15 is 0 Å². The third-order valence-corrected chi connectivity index (χ3v) is 8.88. The summed E-state index contributed by atoms with van der Waals surface area (Å²) in [7, 11) is 0. The van der Waals surface area contributed by atoms with Gasteiger partial charge in [-0.25, -0.2) is 0 Å². The quantitative estimate of drug-likeness (QED) is 0.0700. The third-order valence-electron chi connectivity index (χ3n) is 8.88.